The van der Waals surface area contributed by atoms with Gasteiger partial charge in [-0.05, 0) is 76.6 Å². The highest BCUT2D eigenvalue weighted by Crippen LogP contribution is 2.21. The Hall–Kier alpha value is -2.70. The molecular formula is C28H40O6. The number of carbonyl (C=O) groups excluding carboxylic acids is 1. The fourth-order valence-corrected chi connectivity index (χ4v) is 3.87. The van der Waals surface area contributed by atoms with Crippen molar-refractivity contribution in [2.45, 2.75) is 90.3 Å². The Morgan fingerprint density at radius 2 is 1.12 bits per heavy atom. The van der Waals surface area contributed by atoms with E-state index in [-0.39, 0.29) is 23.7 Å². The van der Waals surface area contributed by atoms with Crippen molar-refractivity contribution in [3.8, 4) is 0 Å². The third-order valence-electron chi connectivity index (χ3n) is 5.99. The predicted molar refractivity (Wildman–Crippen MR) is 134 cm³/mol. The molecule has 0 bridgehead atoms. The Labute approximate surface area is 203 Å². The number of carboxylic acids is 1. The fraction of sp³-hybridized carbons (Fsp3) is 0.500. The zero-order chi connectivity index (χ0) is 24.1. The van der Waals surface area contributed by atoms with Gasteiger partial charge in [0.05, 0.1) is 17.2 Å². The second-order valence-electron chi connectivity index (χ2n) is 8.99. The van der Waals surface area contributed by atoms with Crippen LogP contribution in [0.2, 0.25) is 0 Å². The number of ether oxygens (including phenoxy) is 1. The summed E-state index contributed by atoms with van der Waals surface area (Å²) in [7, 11) is 0. The minimum atomic E-state index is -0.875. The van der Waals surface area contributed by atoms with Crippen molar-refractivity contribution in [1.82, 2.24) is 0 Å². The van der Waals surface area contributed by atoms with Crippen LogP contribution in [0.3, 0.4) is 0 Å². The molecule has 0 aliphatic heterocycles. The third-order valence-corrected chi connectivity index (χ3v) is 5.99. The van der Waals surface area contributed by atoms with Crippen LogP contribution in [0.4, 0.5) is 0 Å². The second-order valence-corrected chi connectivity index (χ2v) is 8.99. The van der Waals surface area contributed by atoms with Crippen LogP contribution in [0.1, 0.15) is 96.1 Å². The zero-order valence-corrected chi connectivity index (χ0v) is 20.5. The van der Waals surface area contributed by atoms with Crippen molar-refractivity contribution < 1.29 is 30.0 Å². The van der Waals surface area contributed by atoms with E-state index in [0.29, 0.717) is 11.1 Å². The lowest BCUT2D eigenvalue weighted by Gasteiger charge is -2.21. The molecule has 2 aliphatic rings. The number of aliphatic hydroxyl groups excluding tert-OH is 1. The van der Waals surface area contributed by atoms with Crippen molar-refractivity contribution in [3.63, 3.8) is 0 Å². The molecule has 2 aliphatic carbocycles. The maximum atomic E-state index is 11.8. The molecule has 2 aromatic carbocycles. The Bertz CT molecular complexity index is 832. The lowest BCUT2D eigenvalue weighted by Crippen LogP contribution is -2.20. The molecule has 6 nitrogen and oxygen atoms in total. The van der Waals surface area contributed by atoms with E-state index in [4.69, 9.17) is 14.9 Å². The molecule has 188 valence electrons. The molecule has 2 saturated carbocycles. The Balaban J connectivity index is 0.000000275. The summed E-state index contributed by atoms with van der Waals surface area (Å²) in [6, 6.07) is 14.3. The number of hydrogen-bond acceptors (Lipinski definition) is 4. The molecule has 4 N–H and O–H groups in total. The molecule has 0 aromatic heterocycles. The van der Waals surface area contributed by atoms with Gasteiger partial charge in [-0.25, -0.2) is 9.59 Å². The van der Waals surface area contributed by atoms with Crippen molar-refractivity contribution in [3.05, 3.63) is 70.8 Å². The summed E-state index contributed by atoms with van der Waals surface area (Å²) < 4.78 is 5.48. The normalized spacial score (nSPS) is 16.0. The molecule has 2 aromatic rings. The summed E-state index contributed by atoms with van der Waals surface area (Å²) in [6.07, 6.45) is 11.8. The van der Waals surface area contributed by atoms with Crippen LogP contribution < -0.4 is 0 Å². The van der Waals surface area contributed by atoms with Crippen LogP contribution in [0.5, 0.6) is 0 Å². The molecule has 0 spiro atoms. The smallest absolute Gasteiger partial charge is 0.338 e. The summed E-state index contributed by atoms with van der Waals surface area (Å²) in [5, 5.41) is 17.4. The summed E-state index contributed by atoms with van der Waals surface area (Å²) in [4.78, 5) is 22.1. The molecular weight excluding hydrogens is 432 g/mol. The van der Waals surface area contributed by atoms with Crippen LogP contribution >= 0.6 is 0 Å². The highest BCUT2D eigenvalue weighted by atomic mass is 16.5. The number of carboxylic acid groups (broad SMARTS) is 1. The number of aryl methyl sites for hydroxylation is 2. The van der Waals surface area contributed by atoms with E-state index in [1.165, 1.54) is 38.5 Å². The average Bonchev–Trinajstić information content (AvgIpc) is 2.82. The molecule has 0 unspecified atom stereocenters. The molecule has 0 heterocycles. The molecule has 2 fully saturated rings. The van der Waals surface area contributed by atoms with Gasteiger partial charge in [-0.1, -0.05) is 61.1 Å². The quantitative estimate of drug-likeness (QED) is 0.559. The number of carbonyl (C=O) groups is 2. The Kier molecular flexibility index (Phi) is 13.8. The standard InChI is InChI=1S/C14H18O2.C8H8O2.C6H12O.H2O/c1-11-7-9-12(10-8-11)14(15)16-13-5-3-2-4-6-13;1-6-2-4-7(5-3-6)8(9)10;7-6-4-2-1-3-5-6;/h7-10,13H,2-6H2,1H3;2-5H,1H3,(H,9,10);6-7H,1-5H2;1H2. The second kappa shape index (κ2) is 16.0. The number of benzene rings is 2. The number of rotatable bonds is 3. The highest BCUT2D eigenvalue weighted by molar-refractivity contribution is 5.89. The van der Waals surface area contributed by atoms with E-state index in [0.717, 1.165) is 36.8 Å². The first-order chi connectivity index (χ1) is 15.8. The molecule has 4 rings (SSSR count). The van der Waals surface area contributed by atoms with Gasteiger partial charge in [0.2, 0.25) is 0 Å². The van der Waals surface area contributed by atoms with Crippen LogP contribution in [0.25, 0.3) is 0 Å². The number of aromatic carboxylic acids is 1. The zero-order valence-electron chi connectivity index (χ0n) is 20.5. The first-order valence-electron chi connectivity index (χ1n) is 12.1. The topological polar surface area (TPSA) is 115 Å². The van der Waals surface area contributed by atoms with Gasteiger partial charge in [-0.3, -0.25) is 0 Å². The molecule has 0 saturated heterocycles. The maximum absolute atomic E-state index is 11.8. The van der Waals surface area contributed by atoms with Crippen molar-refractivity contribution in [1.29, 1.82) is 0 Å². The molecule has 6 heteroatoms. The SMILES string of the molecule is Cc1ccc(C(=O)O)cc1.Cc1ccc(C(=O)OC2CCCCC2)cc1.O.OC1CCCCC1. The van der Waals surface area contributed by atoms with Gasteiger partial charge in [-0.15, -0.1) is 0 Å². The highest BCUT2D eigenvalue weighted by Gasteiger charge is 2.18. The largest absolute Gasteiger partial charge is 0.478 e. The minimum absolute atomic E-state index is 0. The van der Waals surface area contributed by atoms with Crippen molar-refractivity contribution in [2.24, 2.45) is 0 Å². The number of esters is 1. The van der Waals surface area contributed by atoms with Gasteiger partial charge in [0, 0.05) is 0 Å². The van der Waals surface area contributed by atoms with E-state index >= 15 is 0 Å². The van der Waals surface area contributed by atoms with E-state index in [1.807, 2.05) is 38.1 Å². The van der Waals surface area contributed by atoms with Crippen molar-refractivity contribution >= 4 is 11.9 Å². The summed E-state index contributed by atoms with van der Waals surface area (Å²) in [5.41, 5.74) is 3.24. The van der Waals surface area contributed by atoms with Gasteiger partial charge in [0.15, 0.2) is 0 Å². The summed E-state index contributed by atoms with van der Waals surface area (Å²) in [5.74, 6) is -1.05. The summed E-state index contributed by atoms with van der Waals surface area (Å²) >= 11 is 0. The lowest BCUT2D eigenvalue weighted by molar-refractivity contribution is 0.0211. The van der Waals surface area contributed by atoms with Gasteiger partial charge in [0.25, 0.3) is 0 Å². The Morgan fingerprint density at radius 1 is 0.706 bits per heavy atom. The monoisotopic (exact) mass is 472 g/mol. The maximum Gasteiger partial charge on any atom is 0.338 e. The third kappa shape index (κ3) is 11.4. The molecule has 34 heavy (non-hydrogen) atoms. The summed E-state index contributed by atoms with van der Waals surface area (Å²) in [6.45, 7) is 3.93. The lowest BCUT2D eigenvalue weighted by atomic mass is 9.98. The first-order valence-corrected chi connectivity index (χ1v) is 12.1. The number of hydrogen-bond donors (Lipinski definition) is 2. The average molecular weight is 473 g/mol. The predicted octanol–water partition coefficient (Wildman–Crippen LogP) is 5.66. The molecule has 0 amide bonds. The van der Waals surface area contributed by atoms with E-state index in [2.05, 4.69) is 0 Å². The van der Waals surface area contributed by atoms with E-state index < -0.39 is 5.97 Å². The van der Waals surface area contributed by atoms with E-state index in [9.17, 15) is 9.59 Å². The van der Waals surface area contributed by atoms with Crippen LogP contribution in [-0.2, 0) is 4.74 Å². The van der Waals surface area contributed by atoms with Gasteiger partial charge >= 0.3 is 11.9 Å². The van der Waals surface area contributed by atoms with Crippen LogP contribution in [0.15, 0.2) is 48.5 Å². The van der Waals surface area contributed by atoms with Crippen molar-refractivity contribution in [2.75, 3.05) is 0 Å². The Morgan fingerprint density at radius 3 is 1.50 bits per heavy atom. The molecule has 0 atom stereocenters. The first kappa shape index (κ1) is 29.3. The fourth-order valence-electron chi connectivity index (χ4n) is 3.87. The van der Waals surface area contributed by atoms with Crippen LogP contribution in [-0.4, -0.2) is 39.8 Å². The number of aliphatic hydroxyl groups is 1. The van der Waals surface area contributed by atoms with Gasteiger partial charge in [0.1, 0.15) is 6.10 Å². The van der Waals surface area contributed by atoms with E-state index in [1.54, 1.807) is 24.3 Å². The van der Waals surface area contributed by atoms with Gasteiger partial charge in [-0.2, -0.15) is 0 Å². The molecule has 0 radical (unpaired) electrons. The van der Waals surface area contributed by atoms with Gasteiger partial charge < -0.3 is 20.4 Å². The minimum Gasteiger partial charge on any atom is -0.478 e. The van der Waals surface area contributed by atoms with Crippen LogP contribution in [0, 0.1) is 13.8 Å².